The van der Waals surface area contributed by atoms with Crippen molar-refractivity contribution in [2.75, 3.05) is 6.54 Å². The first kappa shape index (κ1) is 20.7. The summed E-state index contributed by atoms with van der Waals surface area (Å²) in [7, 11) is 0. The van der Waals surface area contributed by atoms with Crippen LogP contribution < -0.4 is 5.32 Å². The van der Waals surface area contributed by atoms with Crippen LogP contribution in [0, 0.1) is 13.8 Å². The predicted octanol–water partition coefficient (Wildman–Crippen LogP) is 6.17. The summed E-state index contributed by atoms with van der Waals surface area (Å²) in [6, 6.07) is 12.4. The third kappa shape index (κ3) is 3.91. The van der Waals surface area contributed by atoms with E-state index in [1.165, 1.54) is 35.1 Å². The number of piperidine rings is 1. The number of aromatic nitrogens is 1. The highest BCUT2D eigenvalue weighted by atomic mass is 35.5. The van der Waals surface area contributed by atoms with Crippen LogP contribution >= 0.6 is 11.6 Å². The number of halogens is 1. The molecule has 2 atom stereocenters. The summed E-state index contributed by atoms with van der Waals surface area (Å²) in [5, 5.41) is 17.0. The van der Waals surface area contributed by atoms with Gasteiger partial charge < -0.3 is 10.4 Å². The lowest BCUT2D eigenvalue weighted by Gasteiger charge is -2.30. The van der Waals surface area contributed by atoms with Crippen molar-refractivity contribution < 1.29 is 5.11 Å². The Balaban J connectivity index is 1.69. The standard InChI is InChI=1S/C27H29ClN2O/c1-16-13-17(2)25-22(14-16)24(27(31)23-5-3-4-12-29-23)21-11-8-19(26(21)30-25)15-18-6-9-20(28)10-7-18/h6-7,9-10,13-15,23,27,29,31H,3-5,8,11-12H2,1-2H3/t23-,27+/m0/s1. The molecule has 2 aliphatic rings. The normalized spacial score (nSPS) is 20.9. The number of hydrogen-bond acceptors (Lipinski definition) is 3. The number of pyridine rings is 1. The van der Waals surface area contributed by atoms with E-state index in [0.717, 1.165) is 58.6 Å². The first-order chi connectivity index (χ1) is 15.0. The third-order valence-corrected chi connectivity index (χ3v) is 7.01. The molecule has 1 aliphatic carbocycles. The van der Waals surface area contributed by atoms with Crippen molar-refractivity contribution in [1.82, 2.24) is 10.3 Å². The molecule has 0 amide bonds. The highest BCUT2D eigenvalue weighted by Gasteiger charge is 2.31. The lowest BCUT2D eigenvalue weighted by molar-refractivity contribution is 0.114. The second-order valence-electron chi connectivity index (χ2n) is 9.05. The molecule has 0 saturated carbocycles. The summed E-state index contributed by atoms with van der Waals surface area (Å²) in [5.41, 5.74) is 9.13. The maximum atomic E-state index is 11.6. The predicted molar refractivity (Wildman–Crippen MR) is 129 cm³/mol. The first-order valence-corrected chi connectivity index (χ1v) is 11.7. The van der Waals surface area contributed by atoms with Crippen LogP contribution in [0.5, 0.6) is 0 Å². The van der Waals surface area contributed by atoms with Gasteiger partial charge in [-0.3, -0.25) is 0 Å². The van der Waals surface area contributed by atoms with Gasteiger partial charge in [0.25, 0.3) is 0 Å². The second-order valence-corrected chi connectivity index (χ2v) is 9.49. The van der Waals surface area contributed by atoms with Gasteiger partial charge in [0, 0.05) is 16.5 Å². The third-order valence-electron chi connectivity index (χ3n) is 6.75. The average Bonchev–Trinajstić information content (AvgIpc) is 3.16. The number of benzene rings is 2. The van der Waals surface area contributed by atoms with E-state index in [2.05, 4.69) is 37.4 Å². The van der Waals surface area contributed by atoms with Gasteiger partial charge in [-0.2, -0.15) is 0 Å². The Labute approximate surface area is 189 Å². The molecule has 2 N–H and O–H groups in total. The summed E-state index contributed by atoms with van der Waals surface area (Å²) < 4.78 is 0. The summed E-state index contributed by atoms with van der Waals surface area (Å²) in [6.45, 7) is 5.23. The van der Waals surface area contributed by atoms with Crippen molar-refractivity contribution in [2.45, 2.75) is 58.1 Å². The SMILES string of the molecule is Cc1cc(C)c2nc3c(c([C@H](O)[C@@H]4CCCCN4)c2c1)CCC3=Cc1ccc(Cl)cc1. The Hall–Kier alpha value is -2.20. The number of fused-ring (bicyclic) bond motifs is 2. The lowest BCUT2D eigenvalue weighted by atomic mass is 9.88. The Morgan fingerprint density at radius 2 is 1.94 bits per heavy atom. The Morgan fingerprint density at radius 3 is 2.68 bits per heavy atom. The maximum absolute atomic E-state index is 11.6. The van der Waals surface area contributed by atoms with Gasteiger partial charge in [0.05, 0.1) is 17.3 Å². The molecule has 1 fully saturated rings. The van der Waals surface area contributed by atoms with Crippen molar-refractivity contribution in [1.29, 1.82) is 0 Å². The number of nitrogens with zero attached hydrogens (tertiary/aromatic N) is 1. The Morgan fingerprint density at radius 1 is 1.13 bits per heavy atom. The molecule has 1 aromatic heterocycles. The van der Waals surface area contributed by atoms with Gasteiger partial charge in [-0.25, -0.2) is 4.98 Å². The van der Waals surface area contributed by atoms with Gasteiger partial charge in [-0.15, -0.1) is 0 Å². The van der Waals surface area contributed by atoms with Crippen LogP contribution in [0.2, 0.25) is 5.02 Å². The smallest absolute Gasteiger partial charge is 0.0952 e. The van der Waals surface area contributed by atoms with E-state index < -0.39 is 6.10 Å². The number of aryl methyl sites for hydroxylation is 2. The van der Waals surface area contributed by atoms with Crippen molar-refractivity contribution >= 4 is 34.2 Å². The summed E-state index contributed by atoms with van der Waals surface area (Å²) in [6.07, 6.45) is 6.93. The zero-order valence-corrected chi connectivity index (χ0v) is 19.0. The van der Waals surface area contributed by atoms with Crippen LogP contribution in [0.15, 0.2) is 36.4 Å². The molecule has 0 unspecified atom stereocenters. The maximum Gasteiger partial charge on any atom is 0.0952 e. The highest BCUT2D eigenvalue weighted by molar-refractivity contribution is 6.30. The van der Waals surface area contributed by atoms with Crippen LogP contribution in [0.4, 0.5) is 0 Å². The fourth-order valence-corrected chi connectivity index (χ4v) is 5.39. The molecule has 1 saturated heterocycles. The monoisotopic (exact) mass is 432 g/mol. The fourth-order valence-electron chi connectivity index (χ4n) is 5.27. The molecule has 2 heterocycles. The van der Waals surface area contributed by atoms with Gasteiger partial charge in [0.1, 0.15) is 0 Å². The van der Waals surface area contributed by atoms with E-state index >= 15 is 0 Å². The van der Waals surface area contributed by atoms with Crippen LogP contribution in [0.25, 0.3) is 22.6 Å². The van der Waals surface area contributed by atoms with Crippen molar-refractivity contribution in [3.05, 3.63) is 74.9 Å². The van der Waals surface area contributed by atoms with Crippen molar-refractivity contribution in [2.24, 2.45) is 0 Å². The van der Waals surface area contributed by atoms with Gasteiger partial charge >= 0.3 is 0 Å². The largest absolute Gasteiger partial charge is 0.387 e. The number of nitrogens with one attached hydrogen (secondary N) is 1. The first-order valence-electron chi connectivity index (χ1n) is 11.3. The molecule has 2 aromatic carbocycles. The van der Waals surface area contributed by atoms with Gasteiger partial charge in [-0.1, -0.05) is 41.8 Å². The average molecular weight is 433 g/mol. The van der Waals surface area contributed by atoms with Gasteiger partial charge in [0.15, 0.2) is 0 Å². The molecule has 0 bridgehead atoms. The van der Waals surface area contributed by atoms with Crippen LogP contribution in [-0.4, -0.2) is 22.7 Å². The number of rotatable bonds is 3. The number of aliphatic hydroxyl groups excluding tert-OH is 1. The molecule has 0 radical (unpaired) electrons. The minimum Gasteiger partial charge on any atom is -0.387 e. The molecule has 4 heteroatoms. The summed E-state index contributed by atoms with van der Waals surface area (Å²) >= 11 is 6.07. The van der Waals surface area contributed by atoms with Crippen LogP contribution in [0.1, 0.15) is 65.3 Å². The molecule has 3 nitrogen and oxygen atoms in total. The number of allylic oxidation sites excluding steroid dienone is 1. The zero-order valence-electron chi connectivity index (χ0n) is 18.2. The van der Waals surface area contributed by atoms with E-state index in [4.69, 9.17) is 16.6 Å². The summed E-state index contributed by atoms with van der Waals surface area (Å²) in [4.78, 5) is 5.15. The highest BCUT2D eigenvalue weighted by Crippen LogP contribution is 2.42. The Bertz CT molecular complexity index is 1160. The van der Waals surface area contributed by atoms with Crippen molar-refractivity contribution in [3.63, 3.8) is 0 Å². The molecular formula is C27H29ClN2O. The second kappa shape index (κ2) is 8.38. The number of hydrogen-bond donors (Lipinski definition) is 2. The van der Waals surface area contributed by atoms with Crippen LogP contribution in [0.3, 0.4) is 0 Å². The quantitative estimate of drug-likeness (QED) is 0.520. The zero-order chi connectivity index (χ0) is 21.5. The van der Waals surface area contributed by atoms with E-state index in [9.17, 15) is 5.11 Å². The van der Waals surface area contributed by atoms with E-state index in [-0.39, 0.29) is 6.04 Å². The van der Waals surface area contributed by atoms with E-state index in [1.54, 1.807) is 0 Å². The molecule has 5 rings (SSSR count). The molecule has 3 aromatic rings. The van der Waals surface area contributed by atoms with Gasteiger partial charge in [0.2, 0.25) is 0 Å². The summed E-state index contributed by atoms with van der Waals surface area (Å²) in [5.74, 6) is 0. The molecule has 31 heavy (non-hydrogen) atoms. The minimum absolute atomic E-state index is 0.105. The lowest BCUT2D eigenvalue weighted by Crippen LogP contribution is -2.39. The van der Waals surface area contributed by atoms with E-state index in [0.29, 0.717) is 0 Å². The molecular weight excluding hydrogens is 404 g/mol. The van der Waals surface area contributed by atoms with Gasteiger partial charge in [-0.05, 0) is 98.2 Å². The van der Waals surface area contributed by atoms with E-state index in [1.807, 2.05) is 24.3 Å². The number of aliphatic hydroxyl groups is 1. The molecule has 1 aliphatic heterocycles. The minimum atomic E-state index is -0.518. The van der Waals surface area contributed by atoms with Crippen molar-refractivity contribution in [3.8, 4) is 0 Å². The molecule has 160 valence electrons. The topological polar surface area (TPSA) is 45.2 Å². The Kier molecular flexibility index (Phi) is 5.60. The fraction of sp³-hybridized carbons (Fsp3) is 0.370. The van der Waals surface area contributed by atoms with Crippen LogP contribution in [-0.2, 0) is 6.42 Å². The molecule has 0 spiro atoms.